The van der Waals surface area contributed by atoms with Crippen LogP contribution < -0.4 is 0 Å². The van der Waals surface area contributed by atoms with Crippen LogP contribution in [-0.4, -0.2) is 70.3 Å². The van der Waals surface area contributed by atoms with E-state index in [2.05, 4.69) is 45.2 Å². The lowest BCUT2D eigenvalue weighted by molar-refractivity contribution is -0.0609. The first-order valence-electron chi connectivity index (χ1n) is 6.39. The van der Waals surface area contributed by atoms with Gasteiger partial charge in [0.25, 0.3) is 0 Å². The van der Waals surface area contributed by atoms with Crippen molar-refractivity contribution in [3.63, 3.8) is 0 Å². The van der Waals surface area contributed by atoms with Crippen LogP contribution in [-0.2, 0) is 18.9 Å². The van der Waals surface area contributed by atoms with Crippen LogP contribution >= 0.6 is 45.2 Å². The summed E-state index contributed by atoms with van der Waals surface area (Å²) < 4.78 is 20.6. The Morgan fingerprint density at radius 3 is 1.60 bits per heavy atom. The van der Waals surface area contributed by atoms with Gasteiger partial charge in [-0.1, -0.05) is 0 Å². The Hall–Kier alpha value is 1.22. The molecule has 8 heteroatoms. The number of halogens is 2. The van der Waals surface area contributed by atoms with Crippen molar-refractivity contribution in [3.05, 3.63) is 0 Å². The van der Waals surface area contributed by atoms with E-state index < -0.39 is 7.22 Å². The molecule has 0 aromatic rings. The van der Waals surface area contributed by atoms with Gasteiger partial charge < -0.3 is 29.2 Å². The normalized spacial score (nSPS) is 12.9. The molecule has 0 atom stereocenters. The summed E-state index contributed by atoms with van der Waals surface area (Å²) in [6, 6.07) is 0. The second-order valence-electron chi connectivity index (χ2n) is 4.48. The van der Waals surface area contributed by atoms with Crippen molar-refractivity contribution in [1.82, 2.24) is 0 Å². The topological polar surface area (TPSA) is 77.4 Å². The van der Waals surface area contributed by atoms with Gasteiger partial charge in [0, 0.05) is 0 Å². The highest BCUT2D eigenvalue weighted by Gasteiger charge is 2.40. The summed E-state index contributed by atoms with van der Waals surface area (Å²) in [6.45, 7) is 6.60. The number of hydrogen-bond donors (Lipinski definition) is 2. The van der Waals surface area contributed by atoms with Gasteiger partial charge in [0.15, 0.2) is 1.61 Å². The van der Waals surface area contributed by atoms with Crippen molar-refractivity contribution < 1.29 is 29.2 Å². The standard InChI is InChI=1S/C12H24I2O6/c1-11(2,16)12(13,14)20-10-9-19-8-7-18-6-5-17-4-3-15/h15-16H,3-10H2,1-2H3. The third kappa shape index (κ3) is 10.9. The third-order valence-corrected chi connectivity index (χ3v) is 5.47. The molecule has 0 fully saturated rings. The van der Waals surface area contributed by atoms with E-state index in [1.807, 2.05) is 0 Å². The van der Waals surface area contributed by atoms with Crippen LogP contribution in [0.5, 0.6) is 0 Å². The Labute approximate surface area is 147 Å². The van der Waals surface area contributed by atoms with E-state index in [4.69, 9.17) is 24.1 Å². The molecule has 0 spiro atoms. The second kappa shape index (κ2) is 11.7. The second-order valence-corrected chi connectivity index (χ2v) is 9.59. The average molecular weight is 518 g/mol. The fourth-order valence-electron chi connectivity index (χ4n) is 1.01. The van der Waals surface area contributed by atoms with Crippen molar-refractivity contribution in [2.75, 3.05) is 52.9 Å². The number of aliphatic hydroxyl groups excluding tert-OH is 1. The van der Waals surface area contributed by atoms with Crippen LogP contribution in [0.1, 0.15) is 13.8 Å². The van der Waals surface area contributed by atoms with Crippen molar-refractivity contribution in [2.24, 2.45) is 0 Å². The fraction of sp³-hybridized carbons (Fsp3) is 1.00. The molecule has 0 radical (unpaired) electrons. The molecule has 20 heavy (non-hydrogen) atoms. The average Bonchev–Trinajstić information content (AvgIpc) is 2.34. The maximum atomic E-state index is 9.88. The van der Waals surface area contributed by atoms with Crippen molar-refractivity contribution in [3.8, 4) is 0 Å². The number of ether oxygens (including phenoxy) is 4. The molecule has 0 rings (SSSR count). The van der Waals surface area contributed by atoms with Gasteiger partial charge in [-0.15, -0.1) is 0 Å². The third-order valence-electron chi connectivity index (χ3n) is 2.20. The first-order chi connectivity index (χ1) is 9.31. The smallest absolute Gasteiger partial charge is 0.197 e. The molecule has 0 aliphatic heterocycles. The molecular weight excluding hydrogens is 494 g/mol. The number of hydrogen-bond acceptors (Lipinski definition) is 6. The van der Waals surface area contributed by atoms with E-state index in [0.29, 0.717) is 46.2 Å². The molecule has 6 nitrogen and oxygen atoms in total. The molecule has 0 heterocycles. The van der Waals surface area contributed by atoms with Crippen LogP contribution in [0.4, 0.5) is 0 Å². The van der Waals surface area contributed by atoms with Crippen LogP contribution in [0.15, 0.2) is 0 Å². The van der Waals surface area contributed by atoms with Gasteiger partial charge in [-0.25, -0.2) is 0 Å². The van der Waals surface area contributed by atoms with Crippen molar-refractivity contribution in [1.29, 1.82) is 0 Å². The van der Waals surface area contributed by atoms with Crippen LogP contribution in [0, 0.1) is 0 Å². The maximum absolute atomic E-state index is 9.88. The fourth-order valence-corrected chi connectivity index (χ4v) is 1.45. The highest BCUT2D eigenvalue weighted by Crippen LogP contribution is 2.39. The lowest BCUT2D eigenvalue weighted by Gasteiger charge is -2.33. The molecule has 0 aromatic heterocycles. The summed E-state index contributed by atoms with van der Waals surface area (Å²) in [5, 5.41) is 18.4. The van der Waals surface area contributed by atoms with E-state index >= 15 is 0 Å². The first-order valence-corrected chi connectivity index (χ1v) is 8.55. The zero-order valence-corrected chi connectivity index (χ0v) is 16.3. The molecule has 0 bridgehead atoms. The molecule has 2 N–H and O–H groups in total. The molecular formula is C12H24I2O6. The predicted molar refractivity (Wildman–Crippen MR) is 92.6 cm³/mol. The monoisotopic (exact) mass is 518 g/mol. The van der Waals surface area contributed by atoms with E-state index in [0.717, 1.165) is 0 Å². The minimum Gasteiger partial charge on any atom is -0.394 e. The summed E-state index contributed by atoms with van der Waals surface area (Å²) in [5.41, 5.74) is -0.925. The molecule has 0 aromatic carbocycles. The highest BCUT2D eigenvalue weighted by atomic mass is 127. The summed E-state index contributed by atoms with van der Waals surface area (Å²) >= 11 is 4.15. The molecule has 0 aliphatic rings. The Balaban J connectivity index is 3.33. The highest BCUT2D eigenvalue weighted by molar-refractivity contribution is 14.2. The van der Waals surface area contributed by atoms with Gasteiger partial charge >= 0.3 is 0 Å². The predicted octanol–water partition coefficient (Wildman–Crippen LogP) is 1.34. The van der Waals surface area contributed by atoms with Gasteiger partial charge in [-0.05, 0) is 59.0 Å². The molecule has 122 valence electrons. The van der Waals surface area contributed by atoms with Crippen LogP contribution in [0.2, 0.25) is 0 Å². The maximum Gasteiger partial charge on any atom is 0.197 e. The zero-order chi connectivity index (χ0) is 15.5. The van der Waals surface area contributed by atoms with Gasteiger partial charge in [-0.3, -0.25) is 0 Å². The van der Waals surface area contributed by atoms with E-state index in [-0.39, 0.29) is 6.61 Å². The summed E-state index contributed by atoms with van der Waals surface area (Å²) in [4.78, 5) is 0. The molecule has 0 saturated carbocycles. The minimum atomic E-state index is -0.925. The molecule has 0 unspecified atom stereocenters. The van der Waals surface area contributed by atoms with Gasteiger partial charge in [0.05, 0.1) is 52.9 Å². The molecule has 0 saturated heterocycles. The largest absolute Gasteiger partial charge is 0.394 e. The van der Waals surface area contributed by atoms with Crippen molar-refractivity contribution in [2.45, 2.75) is 21.1 Å². The van der Waals surface area contributed by atoms with Crippen LogP contribution in [0.25, 0.3) is 0 Å². The number of rotatable bonds is 13. The Kier molecular flexibility index (Phi) is 12.5. The molecule has 0 amide bonds. The first kappa shape index (κ1) is 21.2. The van der Waals surface area contributed by atoms with E-state index in [1.165, 1.54) is 0 Å². The Morgan fingerprint density at radius 2 is 1.20 bits per heavy atom. The van der Waals surface area contributed by atoms with Gasteiger partial charge in [0.1, 0.15) is 5.60 Å². The summed E-state index contributed by atoms with van der Waals surface area (Å²) in [6.07, 6.45) is 0. The lowest BCUT2D eigenvalue weighted by atomic mass is 10.2. The summed E-state index contributed by atoms with van der Waals surface area (Å²) in [5.74, 6) is 0. The summed E-state index contributed by atoms with van der Waals surface area (Å²) in [7, 11) is 0. The van der Waals surface area contributed by atoms with E-state index in [9.17, 15) is 5.11 Å². The van der Waals surface area contributed by atoms with Crippen LogP contribution in [0.3, 0.4) is 0 Å². The SMILES string of the molecule is CC(C)(O)C(I)(I)OCCOCCOCCOCCO. The van der Waals surface area contributed by atoms with Crippen molar-refractivity contribution >= 4 is 45.2 Å². The number of alkyl halides is 2. The van der Waals surface area contributed by atoms with E-state index in [1.54, 1.807) is 13.8 Å². The number of aliphatic hydroxyl groups is 2. The lowest BCUT2D eigenvalue weighted by Crippen LogP contribution is -2.42. The molecule has 0 aliphatic carbocycles. The quantitative estimate of drug-likeness (QED) is 0.218. The minimum absolute atomic E-state index is 0.0306. The zero-order valence-electron chi connectivity index (χ0n) is 11.9. The Bertz CT molecular complexity index is 232. The van der Waals surface area contributed by atoms with Gasteiger partial charge in [-0.2, -0.15) is 0 Å². The Morgan fingerprint density at radius 1 is 0.800 bits per heavy atom. The van der Waals surface area contributed by atoms with Gasteiger partial charge in [0.2, 0.25) is 0 Å².